The SMILES string of the molecule is CCC(=O)Nc1cccc(NC(=S)NC(=O)c2cccc3c(Br)cccc23)c1. The maximum atomic E-state index is 12.7. The van der Waals surface area contributed by atoms with E-state index in [1.165, 1.54) is 0 Å². The molecule has 3 rings (SSSR count). The first-order valence-electron chi connectivity index (χ1n) is 8.67. The molecule has 0 spiro atoms. The zero-order valence-corrected chi connectivity index (χ0v) is 17.5. The van der Waals surface area contributed by atoms with Crippen LogP contribution in [-0.4, -0.2) is 16.9 Å². The van der Waals surface area contributed by atoms with E-state index in [1.807, 2.05) is 30.3 Å². The van der Waals surface area contributed by atoms with Gasteiger partial charge in [0.1, 0.15) is 0 Å². The Kier molecular flexibility index (Phi) is 6.38. The molecule has 3 N–H and O–H groups in total. The predicted molar refractivity (Wildman–Crippen MR) is 121 cm³/mol. The van der Waals surface area contributed by atoms with Gasteiger partial charge in [-0.15, -0.1) is 0 Å². The van der Waals surface area contributed by atoms with Crippen molar-refractivity contribution in [2.24, 2.45) is 0 Å². The van der Waals surface area contributed by atoms with Crippen molar-refractivity contribution in [1.82, 2.24) is 5.32 Å². The summed E-state index contributed by atoms with van der Waals surface area (Å²) in [6, 6.07) is 18.4. The number of fused-ring (bicyclic) bond motifs is 1. The molecule has 7 heteroatoms. The lowest BCUT2D eigenvalue weighted by Gasteiger charge is -2.12. The number of carbonyl (C=O) groups is 2. The van der Waals surface area contributed by atoms with Crippen LogP contribution in [-0.2, 0) is 4.79 Å². The molecule has 0 saturated heterocycles. The second kappa shape index (κ2) is 8.95. The Hall–Kier alpha value is -2.77. The molecule has 0 saturated carbocycles. The predicted octanol–water partition coefficient (Wildman–Crippen LogP) is 5.08. The average Bonchev–Trinajstić information content (AvgIpc) is 2.68. The highest BCUT2D eigenvalue weighted by Gasteiger charge is 2.12. The van der Waals surface area contributed by atoms with Crippen LogP contribution < -0.4 is 16.0 Å². The van der Waals surface area contributed by atoms with Gasteiger partial charge >= 0.3 is 0 Å². The Morgan fingerprint density at radius 1 is 0.929 bits per heavy atom. The number of thiocarbonyl (C=S) groups is 1. The van der Waals surface area contributed by atoms with Crippen molar-refractivity contribution in [2.75, 3.05) is 10.6 Å². The zero-order chi connectivity index (χ0) is 20.1. The lowest BCUT2D eigenvalue weighted by atomic mass is 10.0. The fraction of sp³-hybridized carbons (Fsp3) is 0.0952. The Bertz CT molecular complexity index is 1070. The molecule has 0 atom stereocenters. The fourth-order valence-electron chi connectivity index (χ4n) is 2.73. The van der Waals surface area contributed by atoms with Crippen LogP contribution in [0.2, 0.25) is 0 Å². The molecule has 0 aliphatic rings. The van der Waals surface area contributed by atoms with Crippen LogP contribution >= 0.6 is 28.1 Å². The molecule has 0 bridgehead atoms. The third-order valence-electron chi connectivity index (χ3n) is 4.07. The van der Waals surface area contributed by atoms with E-state index in [-0.39, 0.29) is 16.9 Å². The summed E-state index contributed by atoms with van der Waals surface area (Å²) in [5, 5.41) is 10.4. The van der Waals surface area contributed by atoms with E-state index in [2.05, 4.69) is 31.9 Å². The Morgan fingerprint density at radius 2 is 1.57 bits per heavy atom. The summed E-state index contributed by atoms with van der Waals surface area (Å²) in [6.45, 7) is 1.79. The minimum absolute atomic E-state index is 0.0739. The smallest absolute Gasteiger partial charge is 0.258 e. The summed E-state index contributed by atoms with van der Waals surface area (Å²) >= 11 is 8.78. The fourth-order valence-corrected chi connectivity index (χ4v) is 3.44. The van der Waals surface area contributed by atoms with Gasteiger partial charge in [0, 0.05) is 27.8 Å². The highest BCUT2D eigenvalue weighted by atomic mass is 79.9. The van der Waals surface area contributed by atoms with Crippen molar-refractivity contribution < 1.29 is 9.59 Å². The Labute approximate surface area is 176 Å². The van der Waals surface area contributed by atoms with Gasteiger partial charge in [0.15, 0.2) is 5.11 Å². The van der Waals surface area contributed by atoms with Crippen molar-refractivity contribution in [1.29, 1.82) is 0 Å². The number of nitrogens with one attached hydrogen (secondary N) is 3. The topological polar surface area (TPSA) is 70.2 Å². The third kappa shape index (κ3) is 4.74. The molecule has 142 valence electrons. The maximum absolute atomic E-state index is 12.7. The van der Waals surface area contributed by atoms with Gasteiger partial charge in [0.2, 0.25) is 5.91 Å². The molecule has 0 aliphatic carbocycles. The van der Waals surface area contributed by atoms with Crippen molar-refractivity contribution in [3.05, 3.63) is 70.7 Å². The van der Waals surface area contributed by atoms with Crippen LogP contribution in [0.4, 0.5) is 11.4 Å². The number of hydrogen-bond donors (Lipinski definition) is 3. The molecular formula is C21H18BrN3O2S. The second-order valence-corrected chi connectivity index (χ2v) is 7.29. The van der Waals surface area contributed by atoms with Crippen molar-refractivity contribution in [3.63, 3.8) is 0 Å². The number of rotatable bonds is 4. The van der Waals surface area contributed by atoms with Crippen LogP contribution in [0.3, 0.4) is 0 Å². The van der Waals surface area contributed by atoms with Crippen LogP contribution in [0.5, 0.6) is 0 Å². The van der Waals surface area contributed by atoms with E-state index in [4.69, 9.17) is 12.2 Å². The van der Waals surface area contributed by atoms with Crippen LogP contribution in [0.1, 0.15) is 23.7 Å². The summed E-state index contributed by atoms with van der Waals surface area (Å²) < 4.78 is 0.922. The van der Waals surface area contributed by atoms with Gasteiger partial charge in [-0.1, -0.05) is 53.2 Å². The van der Waals surface area contributed by atoms with E-state index in [9.17, 15) is 9.59 Å². The normalized spacial score (nSPS) is 10.4. The first-order chi connectivity index (χ1) is 13.5. The highest BCUT2D eigenvalue weighted by molar-refractivity contribution is 9.10. The Morgan fingerprint density at radius 3 is 2.32 bits per heavy atom. The number of anilines is 2. The summed E-state index contributed by atoms with van der Waals surface area (Å²) in [4.78, 5) is 24.2. The maximum Gasteiger partial charge on any atom is 0.258 e. The first-order valence-corrected chi connectivity index (χ1v) is 9.87. The molecule has 3 aromatic carbocycles. The summed E-state index contributed by atoms with van der Waals surface area (Å²) in [6.07, 6.45) is 0.396. The molecule has 2 amide bonds. The summed E-state index contributed by atoms with van der Waals surface area (Å²) in [7, 11) is 0. The first kappa shape index (κ1) is 20.0. The van der Waals surface area contributed by atoms with Gasteiger partial charge in [-0.05, 0) is 53.3 Å². The number of carbonyl (C=O) groups excluding carboxylic acids is 2. The van der Waals surface area contributed by atoms with E-state index >= 15 is 0 Å². The van der Waals surface area contributed by atoms with Crippen LogP contribution in [0, 0.1) is 0 Å². The largest absolute Gasteiger partial charge is 0.332 e. The Balaban J connectivity index is 1.72. The molecule has 0 heterocycles. The quantitative estimate of drug-likeness (QED) is 0.479. The lowest BCUT2D eigenvalue weighted by molar-refractivity contribution is -0.115. The van der Waals surface area contributed by atoms with Gasteiger partial charge in [-0.3, -0.25) is 14.9 Å². The van der Waals surface area contributed by atoms with Crippen molar-refractivity contribution in [3.8, 4) is 0 Å². The van der Waals surface area contributed by atoms with Crippen molar-refractivity contribution in [2.45, 2.75) is 13.3 Å². The molecule has 28 heavy (non-hydrogen) atoms. The zero-order valence-electron chi connectivity index (χ0n) is 15.1. The molecule has 3 aromatic rings. The van der Waals surface area contributed by atoms with E-state index in [1.54, 1.807) is 37.3 Å². The highest BCUT2D eigenvalue weighted by Crippen LogP contribution is 2.26. The molecule has 0 aliphatic heterocycles. The minimum Gasteiger partial charge on any atom is -0.332 e. The molecule has 0 aromatic heterocycles. The van der Waals surface area contributed by atoms with Gasteiger partial charge < -0.3 is 10.6 Å². The van der Waals surface area contributed by atoms with Gasteiger partial charge in [0.25, 0.3) is 5.91 Å². The van der Waals surface area contributed by atoms with Crippen LogP contribution in [0.25, 0.3) is 10.8 Å². The summed E-state index contributed by atoms with van der Waals surface area (Å²) in [5.74, 6) is -0.369. The van der Waals surface area contributed by atoms with Gasteiger partial charge in [-0.2, -0.15) is 0 Å². The summed E-state index contributed by atoms with van der Waals surface area (Å²) in [5.41, 5.74) is 1.86. The van der Waals surface area contributed by atoms with E-state index < -0.39 is 0 Å². The molecular weight excluding hydrogens is 438 g/mol. The molecule has 0 unspecified atom stereocenters. The molecule has 0 fully saturated rings. The number of hydrogen-bond acceptors (Lipinski definition) is 3. The third-order valence-corrected chi connectivity index (χ3v) is 4.96. The van der Waals surface area contributed by atoms with Gasteiger partial charge in [-0.25, -0.2) is 0 Å². The minimum atomic E-state index is -0.295. The van der Waals surface area contributed by atoms with E-state index in [0.29, 0.717) is 23.4 Å². The number of halogens is 1. The number of benzene rings is 3. The van der Waals surface area contributed by atoms with E-state index in [0.717, 1.165) is 15.2 Å². The second-order valence-electron chi connectivity index (χ2n) is 6.03. The lowest BCUT2D eigenvalue weighted by Crippen LogP contribution is -2.34. The number of amides is 2. The standard InChI is InChI=1S/C21H18BrN3O2S/c1-2-19(26)23-13-6-3-7-14(12-13)24-21(28)25-20(27)17-10-4-9-16-15(17)8-5-11-18(16)22/h3-12H,2H2,1H3,(H,23,26)(H2,24,25,27,28). The van der Waals surface area contributed by atoms with Crippen LogP contribution in [0.15, 0.2) is 65.1 Å². The average molecular weight is 456 g/mol. The van der Waals surface area contributed by atoms with Gasteiger partial charge in [0.05, 0.1) is 0 Å². The molecule has 0 radical (unpaired) electrons. The van der Waals surface area contributed by atoms with Crippen molar-refractivity contribution >= 4 is 67.2 Å². The monoisotopic (exact) mass is 455 g/mol. The molecule has 5 nitrogen and oxygen atoms in total.